The molecule has 1 aromatic rings. The molecular formula is C12H19N3OS. The van der Waals surface area contributed by atoms with Crippen LogP contribution in [0.25, 0.3) is 0 Å². The largest absolute Gasteiger partial charge is 0.368 e. The number of aromatic amines is 1. The van der Waals surface area contributed by atoms with Crippen molar-refractivity contribution in [2.75, 3.05) is 26.2 Å². The van der Waals surface area contributed by atoms with Crippen molar-refractivity contribution >= 4 is 12.2 Å². The molecule has 0 bridgehead atoms. The Bertz CT molecular complexity index is 458. The van der Waals surface area contributed by atoms with Crippen molar-refractivity contribution in [3.8, 4) is 0 Å². The first kappa shape index (κ1) is 12.7. The van der Waals surface area contributed by atoms with Gasteiger partial charge in [-0.1, -0.05) is 19.1 Å². The first-order valence-corrected chi connectivity index (χ1v) is 6.44. The Morgan fingerprint density at radius 2 is 2.29 bits per heavy atom. The van der Waals surface area contributed by atoms with Crippen molar-refractivity contribution in [2.24, 2.45) is 0 Å². The van der Waals surface area contributed by atoms with Crippen molar-refractivity contribution < 1.29 is 4.74 Å². The van der Waals surface area contributed by atoms with E-state index >= 15 is 0 Å². The van der Waals surface area contributed by atoms with E-state index in [0.29, 0.717) is 4.64 Å². The van der Waals surface area contributed by atoms with E-state index < -0.39 is 0 Å². The van der Waals surface area contributed by atoms with E-state index in [9.17, 15) is 0 Å². The number of morpholine rings is 1. The summed E-state index contributed by atoms with van der Waals surface area (Å²) in [6.45, 7) is 9.87. The van der Waals surface area contributed by atoms with Crippen molar-refractivity contribution in [3.05, 3.63) is 21.7 Å². The summed E-state index contributed by atoms with van der Waals surface area (Å²) < 4.78 is 6.44. The molecule has 0 amide bonds. The Labute approximate surface area is 107 Å². The third-order valence-electron chi connectivity index (χ3n) is 3.32. The lowest BCUT2D eigenvalue weighted by molar-refractivity contribution is -0.0327. The van der Waals surface area contributed by atoms with E-state index in [4.69, 9.17) is 17.0 Å². The normalized spacial score (nSPS) is 21.7. The average molecular weight is 253 g/mol. The predicted octanol–water partition coefficient (Wildman–Crippen LogP) is 2.15. The molecule has 1 aliphatic heterocycles. The van der Waals surface area contributed by atoms with Gasteiger partial charge in [-0.05, 0) is 20.4 Å². The highest BCUT2D eigenvalue weighted by molar-refractivity contribution is 7.71. The lowest BCUT2D eigenvalue weighted by Crippen LogP contribution is -2.38. The summed E-state index contributed by atoms with van der Waals surface area (Å²) in [6, 6.07) is 0. The summed E-state index contributed by atoms with van der Waals surface area (Å²) in [5.41, 5.74) is 2.13. The van der Waals surface area contributed by atoms with Crippen LogP contribution in [0, 0.1) is 18.5 Å². The number of hydrogen-bond donors (Lipinski definition) is 1. The van der Waals surface area contributed by atoms with Crippen LogP contribution in [0.15, 0.2) is 0 Å². The number of ether oxygens (including phenoxy) is 1. The second-order valence-corrected chi connectivity index (χ2v) is 4.82. The molecule has 0 aromatic carbocycles. The first-order valence-electron chi connectivity index (χ1n) is 6.03. The molecule has 0 radical (unpaired) electrons. The highest BCUT2D eigenvalue weighted by Gasteiger charge is 2.23. The number of hydrogen-bond acceptors (Lipinski definition) is 4. The summed E-state index contributed by atoms with van der Waals surface area (Å²) >= 11 is 5.26. The van der Waals surface area contributed by atoms with Gasteiger partial charge in [0.25, 0.3) is 0 Å². The van der Waals surface area contributed by atoms with Crippen LogP contribution in [-0.4, -0.2) is 41.1 Å². The lowest BCUT2D eigenvalue weighted by atomic mass is 10.2. The Morgan fingerprint density at radius 3 is 2.94 bits per heavy atom. The first-order chi connectivity index (χ1) is 8.11. The maximum Gasteiger partial charge on any atom is 0.138 e. The van der Waals surface area contributed by atoms with Gasteiger partial charge in [0, 0.05) is 24.3 Å². The second-order valence-electron chi connectivity index (χ2n) is 4.43. The fraction of sp³-hybridized carbons (Fsp3) is 0.667. The predicted molar refractivity (Wildman–Crippen MR) is 69.7 cm³/mol. The molecule has 1 aliphatic rings. The number of nitrogens with zero attached hydrogens (tertiary/aromatic N) is 2. The van der Waals surface area contributed by atoms with Crippen molar-refractivity contribution in [1.82, 2.24) is 14.9 Å². The molecule has 1 fully saturated rings. The molecule has 1 aromatic heterocycles. The molecule has 2 heterocycles. The van der Waals surface area contributed by atoms with Crippen molar-refractivity contribution in [1.29, 1.82) is 0 Å². The third kappa shape index (κ3) is 2.73. The summed E-state index contributed by atoms with van der Waals surface area (Å²) in [4.78, 5) is 10.1. The van der Waals surface area contributed by atoms with Gasteiger partial charge in [0.15, 0.2) is 0 Å². The quantitative estimate of drug-likeness (QED) is 0.820. The zero-order valence-corrected chi connectivity index (χ0v) is 11.4. The van der Waals surface area contributed by atoms with Gasteiger partial charge in [0.05, 0.1) is 6.61 Å². The van der Waals surface area contributed by atoms with Crippen LogP contribution in [0.4, 0.5) is 0 Å². The van der Waals surface area contributed by atoms with Crippen LogP contribution < -0.4 is 0 Å². The molecule has 1 N–H and O–H groups in total. The van der Waals surface area contributed by atoms with E-state index in [1.807, 2.05) is 13.8 Å². The van der Waals surface area contributed by atoms with Gasteiger partial charge in [0.2, 0.25) is 0 Å². The topological polar surface area (TPSA) is 41.1 Å². The lowest BCUT2D eigenvalue weighted by Gasteiger charge is -2.31. The van der Waals surface area contributed by atoms with Gasteiger partial charge in [-0.15, -0.1) is 0 Å². The number of H-pyrrole nitrogens is 1. The smallest absolute Gasteiger partial charge is 0.138 e. The Kier molecular flexibility index (Phi) is 3.91. The van der Waals surface area contributed by atoms with E-state index in [1.54, 1.807) is 0 Å². The van der Waals surface area contributed by atoms with Gasteiger partial charge in [-0.25, -0.2) is 4.98 Å². The molecule has 1 unspecified atom stereocenters. The standard InChI is InChI=1S/C12H19N3OS/c1-4-15-5-6-16-10(7-15)11-13-9(3)8(2)12(17)14-11/h10H,4-7H2,1-3H3,(H,13,14,17). The van der Waals surface area contributed by atoms with Crippen molar-refractivity contribution in [3.63, 3.8) is 0 Å². The van der Waals surface area contributed by atoms with Crippen LogP contribution >= 0.6 is 12.2 Å². The number of aryl methyl sites for hydroxylation is 1. The minimum Gasteiger partial charge on any atom is -0.368 e. The molecule has 5 heteroatoms. The van der Waals surface area contributed by atoms with Gasteiger partial charge >= 0.3 is 0 Å². The maximum atomic E-state index is 5.76. The third-order valence-corrected chi connectivity index (χ3v) is 3.72. The van der Waals surface area contributed by atoms with E-state index in [2.05, 4.69) is 21.8 Å². The van der Waals surface area contributed by atoms with Gasteiger partial charge in [0.1, 0.15) is 16.6 Å². The van der Waals surface area contributed by atoms with Crippen molar-refractivity contribution in [2.45, 2.75) is 26.9 Å². The molecule has 0 saturated carbocycles. The maximum absolute atomic E-state index is 5.76. The van der Waals surface area contributed by atoms with E-state index in [1.165, 1.54) is 0 Å². The summed E-state index contributed by atoms with van der Waals surface area (Å²) in [5.74, 6) is 0.858. The highest BCUT2D eigenvalue weighted by Crippen LogP contribution is 2.20. The highest BCUT2D eigenvalue weighted by atomic mass is 32.1. The molecule has 17 heavy (non-hydrogen) atoms. The molecule has 0 spiro atoms. The van der Waals surface area contributed by atoms with Gasteiger partial charge in [-0.2, -0.15) is 0 Å². The molecule has 94 valence electrons. The van der Waals surface area contributed by atoms with Gasteiger partial charge in [-0.3, -0.25) is 4.90 Å². The summed E-state index contributed by atoms with van der Waals surface area (Å²) in [5, 5.41) is 0. The molecule has 1 atom stereocenters. The Balaban J connectivity index is 2.25. The zero-order valence-electron chi connectivity index (χ0n) is 10.6. The van der Waals surface area contributed by atoms with Crippen LogP contribution in [0.5, 0.6) is 0 Å². The van der Waals surface area contributed by atoms with Crippen LogP contribution in [0.2, 0.25) is 0 Å². The molecule has 2 rings (SSSR count). The van der Waals surface area contributed by atoms with Crippen LogP contribution in [0.1, 0.15) is 30.1 Å². The second kappa shape index (κ2) is 5.25. The minimum atomic E-state index is 0.0182. The molecular weight excluding hydrogens is 234 g/mol. The zero-order chi connectivity index (χ0) is 12.4. The molecule has 4 nitrogen and oxygen atoms in total. The Hall–Kier alpha value is -0.780. The van der Waals surface area contributed by atoms with E-state index in [-0.39, 0.29) is 6.10 Å². The molecule has 0 aliphatic carbocycles. The van der Waals surface area contributed by atoms with Crippen LogP contribution in [0.3, 0.4) is 0 Å². The number of likely N-dealkylation sites (N-methyl/N-ethyl adjacent to an activating group) is 1. The van der Waals surface area contributed by atoms with Gasteiger partial charge < -0.3 is 9.72 Å². The average Bonchev–Trinajstić information content (AvgIpc) is 2.35. The fourth-order valence-corrected chi connectivity index (χ4v) is 2.23. The SMILES string of the molecule is CCN1CCOC(c2nc(=S)c(C)c(C)[nH]2)C1. The molecule has 1 saturated heterocycles. The number of aromatic nitrogens is 2. The monoisotopic (exact) mass is 253 g/mol. The summed E-state index contributed by atoms with van der Waals surface area (Å²) in [7, 11) is 0. The Morgan fingerprint density at radius 1 is 1.53 bits per heavy atom. The fourth-order valence-electron chi connectivity index (χ4n) is 1.98. The minimum absolute atomic E-state index is 0.0182. The van der Waals surface area contributed by atoms with E-state index in [0.717, 1.165) is 43.3 Å². The summed E-state index contributed by atoms with van der Waals surface area (Å²) in [6.07, 6.45) is 0.0182. The number of rotatable bonds is 2. The van der Waals surface area contributed by atoms with Crippen LogP contribution in [-0.2, 0) is 4.74 Å². The number of nitrogens with one attached hydrogen (secondary N) is 1.